The lowest BCUT2D eigenvalue weighted by atomic mass is 10.0. The number of unbranched alkanes of at least 4 members (excludes halogenated alkanes) is 2. The Hall–Kier alpha value is -2.83. The van der Waals surface area contributed by atoms with Gasteiger partial charge in [-0.25, -0.2) is 4.79 Å². The van der Waals surface area contributed by atoms with Crippen LogP contribution in [0.4, 0.5) is 0 Å². The number of aryl methyl sites for hydroxylation is 2. The van der Waals surface area contributed by atoms with Crippen molar-refractivity contribution in [2.45, 2.75) is 46.0 Å². The number of carboxylic acid groups (broad SMARTS) is 1. The molecule has 1 amide bonds. The molecule has 0 unspecified atom stereocenters. The summed E-state index contributed by atoms with van der Waals surface area (Å²) in [5, 5.41) is 12.0. The van der Waals surface area contributed by atoms with Crippen LogP contribution in [0.3, 0.4) is 0 Å². The van der Waals surface area contributed by atoms with E-state index in [0.717, 1.165) is 12.0 Å². The molecule has 0 bridgehead atoms. The maximum absolute atomic E-state index is 12.3. The van der Waals surface area contributed by atoms with Gasteiger partial charge in [0.05, 0.1) is 24.5 Å². The van der Waals surface area contributed by atoms with Crippen LogP contribution in [0.5, 0.6) is 5.75 Å². The highest BCUT2D eigenvalue weighted by atomic mass is 16.5. The summed E-state index contributed by atoms with van der Waals surface area (Å²) in [6, 6.07) is 3.63. The first-order chi connectivity index (χ1) is 12.8. The lowest BCUT2D eigenvalue weighted by molar-refractivity contribution is -0.137. The fourth-order valence-electron chi connectivity index (χ4n) is 3.03. The van der Waals surface area contributed by atoms with Crippen molar-refractivity contribution in [1.29, 1.82) is 0 Å². The van der Waals surface area contributed by atoms with E-state index in [9.17, 15) is 14.4 Å². The number of carbonyl (C=O) groups excluding carboxylic acids is 1. The standard InChI is InChI=1S/C20H25NO6/c1-12-9-15(26-3)19-13(2)14(20(25)27-16(19)10-12)11-17(22)21-8-6-4-5-7-18(23)24/h9-10H,4-8,11H2,1-3H3,(H,21,22)(H,23,24). The van der Waals surface area contributed by atoms with E-state index in [1.54, 1.807) is 20.1 Å². The normalized spacial score (nSPS) is 10.8. The van der Waals surface area contributed by atoms with E-state index in [1.807, 2.05) is 13.0 Å². The summed E-state index contributed by atoms with van der Waals surface area (Å²) < 4.78 is 10.8. The summed E-state index contributed by atoms with van der Waals surface area (Å²) >= 11 is 0. The number of aliphatic carboxylic acids is 1. The number of carbonyl (C=O) groups is 2. The number of carboxylic acids is 1. The van der Waals surface area contributed by atoms with Crippen LogP contribution in [0, 0.1) is 13.8 Å². The number of amides is 1. The number of methoxy groups -OCH3 is 1. The molecule has 2 N–H and O–H groups in total. The van der Waals surface area contributed by atoms with Gasteiger partial charge in [0.15, 0.2) is 0 Å². The molecule has 27 heavy (non-hydrogen) atoms. The Kier molecular flexibility index (Phi) is 6.98. The third-order valence-electron chi connectivity index (χ3n) is 4.43. The molecule has 1 aromatic carbocycles. The van der Waals surface area contributed by atoms with Crippen molar-refractivity contribution in [2.75, 3.05) is 13.7 Å². The third-order valence-corrected chi connectivity index (χ3v) is 4.43. The molecular weight excluding hydrogens is 350 g/mol. The molecule has 0 fully saturated rings. The molecule has 146 valence electrons. The van der Waals surface area contributed by atoms with Gasteiger partial charge in [-0.2, -0.15) is 0 Å². The molecule has 0 radical (unpaired) electrons. The molecule has 7 heteroatoms. The minimum Gasteiger partial charge on any atom is -0.496 e. The molecule has 0 spiro atoms. The van der Waals surface area contributed by atoms with Crippen LogP contribution in [0.25, 0.3) is 11.0 Å². The molecule has 0 saturated heterocycles. The van der Waals surface area contributed by atoms with E-state index in [2.05, 4.69) is 5.32 Å². The average molecular weight is 375 g/mol. The van der Waals surface area contributed by atoms with E-state index >= 15 is 0 Å². The fourth-order valence-corrected chi connectivity index (χ4v) is 3.03. The highest BCUT2D eigenvalue weighted by molar-refractivity contribution is 5.89. The minimum atomic E-state index is -0.817. The van der Waals surface area contributed by atoms with Crippen molar-refractivity contribution in [3.8, 4) is 5.75 Å². The van der Waals surface area contributed by atoms with Crippen molar-refractivity contribution in [3.05, 3.63) is 39.2 Å². The maximum atomic E-state index is 12.3. The van der Waals surface area contributed by atoms with Gasteiger partial charge in [0.25, 0.3) is 0 Å². The minimum absolute atomic E-state index is 0.0732. The van der Waals surface area contributed by atoms with Gasteiger partial charge in [0, 0.05) is 13.0 Å². The van der Waals surface area contributed by atoms with Gasteiger partial charge in [-0.1, -0.05) is 6.42 Å². The Balaban J connectivity index is 2.08. The second-order valence-corrected chi connectivity index (χ2v) is 6.56. The van der Waals surface area contributed by atoms with E-state index < -0.39 is 11.6 Å². The lowest BCUT2D eigenvalue weighted by Crippen LogP contribution is -2.28. The number of ether oxygens (including phenoxy) is 1. The Morgan fingerprint density at radius 3 is 2.59 bits per heavy atom. The molecule has 2 aromatic rings. The summed E-state index contributed by atoms with van der Waals surface area (Å²) in [6.07, 6.45) is 2.05. The number of hydrogen-bond donors (Lipinski definition) is 2. The first-order valence-corrected chi connectivity index (χ1v) is 8.93. The van der Waals surface area contributed by atoms with Crippen LogP contribution >= 0.6 is 0 Å². The van der Waals surface area contributed by atoms with Gasteiger partial charge in [0.2, 0.25) is 5.91 Å². The fraction of sp³-hybridized carbons (Fsp3) is 0.450. The van der Waals surface area contributed by atoms with Crippen LogP contribution in [0.15, 0.2) is 21.3 Å². The van der Waals surface area contributed by atoms with Crippen LogP contribution in [0.1, 0.15) is 42.4 Å². The molecule has 0 atom stereocenters. The Morgan fingerprint density at radius 1 is 1.19 bits per heavy atom. The van der Waals surface area contributed by atoms with Crippen LogP contribution in [-0.4, -0.2) is 30.6 Å². The predicted molar refractivity (Wildman–Crippen MR) is 101 cm³/mol. The number of fused-ring (bicyclic) bond motifs is 1. The van der Waals surface area contributed by atoms with E-state index in [-0.39, 0.29) is 18.7 Å². The quantitative estimate of drug-likeness (QED) is 0.516. The molecule has 0 aliphatic carbocycles. The third kappa shape index (κ3) is 5.32. The van der Waals surface area contributed by atoms with Crippen molar-refractivity contribution in [2.24, 2.45) is 0 Å². The van der Waals surface area contributed by atoms with Crippen LogP contribution in [-0.2, 0) is 16.0 Å². The van der Waals surface area contributed by atoms with E-state index in [1.165, 1.54) is 0 Å². The molecular formula is C20H25NO6. The average Bonchev–Trinajstić information content (AvgIpc) is 2.60. The zero-order chi connectivity index (χ0) is 20.0. The first kappa shape index (κ1) is 20.5. The number of hydrogen-bond acceptors (Lipinski definition) is 5. The topological polar surface area (TPSA) is 106 Å². The number of benzene rings is 1. The van der Waals surface area contributed by atoms with Gasteiger partial charge in [-0.05, 0) is 49.9 Å². The molecule has 2 rings (SSSR count). The van der Waals surface area contributed by atoms with Gasteiger partial charge in [0.1, 0.15) is 11.3 Å². The van der Waals surface area contributed by atoms with Crippen molar-refractivity contribution >= 4 is 22.8 Å². The van der Waals surface area contributed by atoms with E-state index in [0.29, 0.717) is 47.2 Å². The van der Waals surface area contributed by atoms with Gasteiger partial charge in [-0.15, -0.1) is 0 Å². The Labute approximate surface area is 157 Å². The smallest absolute Gasteiger partial charge is 0.340 e. The first-order valence-electron chi connectivity index (χ1n) is 8.93. The highest BCUT2D eigenvalue weighted by Gasteiger charge is 2.17. The SMILES string of the molecule is COc1cc(C)cc2oc(=O)c(CC(=O)NCCCCCC(=O)O)c(C)c12. The van der Waals surface area contributed by atoms with Gasteiger partial charge in [-0.3, -0.25) is 9.59 Å². The molecule has 0 saturated carbocycles. The van der Waals surface area contributed by atoms with Gasteiger partial charge < -0.3 is 19.6 Å². The summed E-state index contributed by atoms with van der Waals surface area (Å²) in [4.78, 5) is 35.0. The molecule has 0 aliphatic heterocycles. The lowest BCUT2D eigenvalue weighted by Gasteiger charge is -2.12. The highest BCUT2D eigenvalue weighted by Crippen LogP contribution is 2.30. The predicted octanol–water partition coefficient (Wildman–Crippen LogP) is 2.72. The van der Waals surface area contributed by atoms with Crippen LogP contribution < -0.4 is 15.7 Å². The second kappa shape index (κ2) is 9.21. The summed E-state index contributed by atoms with van der Waals surface area (Å²) in [5.41, 5.74) is 1.82. The van der Waals surface area contributed by atoms with E-state index in [4.69, 9.17) is 14.3 Å². The summed E-state index contributed by atoms with van der Waals surface area (Å²) in [5.74, 6) is -0.483. The molecule has 1 heterocycles. The van der Waals surface area contributed by atoms with Crippen molar-refractivity contribution in [1.82, 2.24) is 5.32 Å². The zero-order valence-corrected chi connectivity index (χ0v) is 15.9. The summed E-state index contributed by atoms with van der Waals surface area (Å²) in [6.45, 7) is 4.11. The molecule has 7 nitrogen and oxygen atoms in total. The van der Waals surface area contributed by atoms with Crippen molar-refractivity contribution in [3.63, 3.8) is 0 Å². The van der Waals surface area contributed by atoms with Crippen LogP contribution in [0.2, 0.25) is 0 Å². The summed E-state index contributed by atoms with van der Waals surface area (Å²) in [7, 11) is 1.55. The number of rotatable bonds is 9. The molecule has 1 aromatic heterocycles. The largest absolute Gasteiger partial charge is 0.496 e. The molecule has 0 aliphatic rings. The number of nitrogens with one attached hydrogen (secondary N) is 1. The monoisotopic (exact) mass is 375 g/mol. The Morgan fingerprint density at radius 2 is 1.93 bits per heavy atom. The Bertz CT molecular complexity index is 899. The maximum Gasteiger partial charge on any atom is 0.340 e. The second-order valence-electron chi connectivity index (χ2n) is 6.56. The van der Waals surface area contributed by atoms with Crippen molar-refractivity contribution < 1.29 is 23.8 Å². The van der Waals surface area contributed by atoms with Gasteiger partial charge >= 0.3 is 11.6 Å². The zero-order valence-electron chi connectivity index (χ0n) is 15.9.